The van der Waals surface area contributed by atoms with Crippen LogP contribution >= 0.6 is 0 Å². The van der Waals surface area contributed by atoms with Gasteiger partial charge in [0.2, 0.25) is 11.8 Å². The fourth-order valence-electron chi connectivity index (χ4n) is 3.16. The molecule has 5 nitrogen and oxygen atoms in total. The van der Waals surface area contributed by atoms with Crippen LogP contribution in [0.5, 0.6) is 0 Å². The van der Waals surface area contributed by atoms with Crippen LogP contribution in [0.3, 0.4) is 0 Å². The Morgan fingerprint density at radius 3 is 2.75 bits per heavy atom. The van der Waals surface area contributed by atoms with Gasteiger partial charge in [0.1, 0.15) is 0 Å². The Labute approximate surface area is 121 Å². The summed E-state index contributed by atoms with van der Waals surface area (Å²) in [6.45, 7) is 6.24. The number of carbonyl (C=O) groups is 2. The summed E-state index contributed by atoms with van der Waals surface area (Å²) in [7, 11) is 0. The van der Waals surface area contributed by atoms with Gasteiger partial charge in [0, 0.05) is 25.0 Å². The van der Waals surface area contributed by atoms with E-state index in [1.165, 1.54) is 0 Å². The Morgan fingerprint density at radius 1 is 1.25 bits per heavy atom. The minimum absolute atomic E-state index is 0.00709. The first-order chi connectivity index (χ1) is 9.58. The monoisotopic (exact) mass is 281 g/mol. The quantitative estimate of drug-likeness (QED) is 0.787. The molecule has 0 aromatic heterocycles. The topological polar surface area (TPSA) is 61.4 Å². The summed E-state index contributed by atoms with van der Waals surface area (Å²) < 4.78 is 0. The number of rotatable bonds is 5. The van der Waals surface area contributed by atoms with E-state index in [-0.39, 0.29) is 18.4 Å². The van der Waals surface area contributed by atoms with E-state index in [1.807, 2.05) is 4.90 Å². The molecule has 5 heteroatoms. The van der Waals surface area contributed by atoms with Gasteiger partial charge in [-0.3, -0.25) is 9.59 Å². The van der Waals surface area contributed by atoms with Crippen molar-refractivity contribution in [2.24, 2.45) is 5.92 Å². The molecule has 2 fully saturated rings. The first-order valence-electron chi connectivity index (χ1n) is 7.86. The molecule has 0 aromatic carbocycles. The van der Waals surface area contributed by atoms with Crippen LogP contribution in [0.1, 0.15) is 46.0 Å². The van der Waals surface area contributed by atoms with Crippen LogP contribution in [0.25, 0.3) is 0 Å². The second kappa shape index (κ2) is 7.07. The van der Waals surface area contributed by atoms with Gasteiger partial charge in [0.15, 0.2) is 0 Å². The van der Waals surface area contributed by atoms with E-state index in [0.717, 1.165) is 38.8 Å². The molecule has 114 valence electrons. The van der Waals surface area contributed by atoms with Crippen LogP contribution in [0, 0.1) is 5.92 Å². The first kappa shape index (κ1) is 15.3. The van der Waals surface area contributed by atoms with E-state index in [9.17, 15) is 9.59 Å². The molecule has 2 N–H and O–H groups in total. The van der Waals surface area contributed by atoms with Gasteiger partial charge in [-0.05, 0) is 38.1 Å². The minimum Gasteiger partial charge on any atom is -0.347 e. The number of hydrogen-bond acceptors (Lipinski definition) is 3. The Morgan fingerprint density at radius 2 is 2.00 bits per heavy atom. The standard InChI is InChI=1S/C15H27N3O2/c1-11(2)3-6-14(19)17-10-15(20)18-12-4-5-13(18)9-16-8-7-12/h11-13,16H,3-10H2,1-2H3,(H,17,19). The molecule has 2 aliphatic rings. The maximum Gasteiger partial charge on any atom is 0.242 e. The largest absolute Gasteiger partial charge is 0.347 e. The predicted octanol–water partition coefficient (Wildman–Crippen LogP) is 0.892. The molecular weight excluding hydrogens is 254 g/mol. The average Bonchev–Trinajstić information content (AvgIpc) is 2.67. The minimum atomic E-state index is -0.00709. The second-order valence-corrected chi connectivity index (χ2v) is 6.39. The Bertz CT molecular complexity index is 343. The molecular formula is C15H27N3O2. The summed E-state index contributed by atoms with van der Waals surface area (Å²) in [5.74, 6) is 0.593. The number of nitrogens with one attached hydrogen (secondary N) is 2. The normalized spacial score (nSPS) is 25.6. The maximum absolute atomic E-state index is 12.3. The molecule has 2 heterocycles. The van der Waals surface area contributed by atoms with Crippen molar-refractivity contribution in [3.8, 4) is 0 Å². The summed E-state index contributed by atoms with van der Waals surface area (Å²) in [5, 5.41) is 6.15. The summed E-state index contributed by atoms with van der Waals surface area (Å²) in [6, 6.07) is 0.692. The van der Waals surface area contributed by atoms with Crippen LogP contribution in [0.15, 0.2) is 0 Å². The van der Waals surface area contributed by atoms with E-state index in [2.05, 4.69) is 24.5 Å². The van der Waals surface area contributed by atoms with E-state index < -0.39 is 0 Å². The van der Waals surface area contributed by atoms with E-state index in [4.69, 9.17) is 0 Å². The fourth-order valence-corrected chi connectivity index (χ4v) is 3.16. The van der Waals surface area contributed by atoms with Gasteiger partial charge in [-0.1, -0.05) is 13.8 Å². The van der Waals surface area contributed by atoms with E-state index in [0.29, 0.717) is 24.4 Å². The Hall–Kier alpha value is -1.10. The summed E-state index contributed by atoms with van der Waals surface area (Å²) in [5.41, 5.74) is 0. The second-order valence-electron chi connectivity index (χ2n) is 6.39. The third-order valence-electron chi connectivity index (χ3n) is 4.33. The summed E-state index contributed by atoms with van der Waals surface area (Å²) >= 11 is 0. The molecule has 2 saturated heterocycles. The van der Waals surface area contributed by atoms with Crippen molar-refractivity contribution in [3.05, 3.63) is 0 Å². The van der Waals surface area contributed by atoms with Crippen molar-refractivity contribution in [3.63, 3.8) is 0 Å². The molecule has 2 aliphatic heterocycles. The molecule has 0 aliphatic carbocycles. The highest BCUT2D eigenvalue weighted by Gasteiger charge is 2.37. The summed E-state index contributed by atoms with van der Waals surface area (Å²) in [4.78, 5) is 26.0. The molecule has 0 spiro atoms. The van der Waals surface area contributed by atoms with Gasteiger partial charge in [-0.2, -0.15) is 0 Å². The number of fused-ring (bicyclic) bond motifs is 2. The van der Waals surface area contributed by atoms with Crippen LogP contribution in [-0.4, -0.2) is 48.4 Å². The van der Waals surface area contributed by atoms with E-state index >= 15 is 0 Å². The van der Waals surface area contributed by atoms with E-state index in [1.54, 1.807) is 0 Å². The smallest absolute Gasteiger partial charge is 0.242 e. The lowest BCUT2D eigenvalue weighted by Gasteiger charge is -2.28. The van der Waals surface area contributed by atoms with Crippen molar-refractivity contribution >= 4 is 11.8 Å². The SMILES string of the molecule is CC(C)CCC(=O)NCC(=O)N1C2CCNCC1CC2. The predicted molar refractivity (Wildman–Crippen MR) is 78.2 cm³/mol. The van der Waals surface area contributed by atoms with Crippen molar-refractivity contribution in [1.82, 2.24) is 15.5 Å². The molecule has 2 rings (SSSR count). The number of nitrogens with zero attached hydrogens (tertiary/aromatic N) is 1. The third-order valence-corrected chi connectivity index (χ3v) is 4.33. The molecule has 2 bridgehead atoms. The highest BCUT2D eigenvalue weighted by molar-refractivity contribution is 5.85. The lowest BCUT2D eigenvalue weighted by atomic mass is 10.1. The highest BCUT2D eigenvalue weighted by atomic mass is 16.2. The van der Waals surface area contributed by atoms with Crippen molar-refractivity contribution < 1.29 is 9.59 Å². The Kier molecular flexibility index (Phi) is 5.40. The molecule has 0 aromatic rings. The average molecular weight is 281 g/mol. The van der Waals surface area contributed by atoms with Crippen LogP contribution < -0.4 is 10.6 Å². The van der Waals surface area contributed by atoms with Crippen molar-refractivity contribution in [1.29, 1.82) is 0 Å². The van der Waals surface area contributed by atoms with Gasteiger partial charge in [-0.15, -0.1) is 0 Å². The lowest BCUT2D eigenvalue weighted by molar-refractivity contribution is -0.135. The summed E-state index contributed by atoms with van der Waals surface area (Å²) in [6.07, 6.45) is 4.62. The zero-order valence-electron chi connectivity index (χ0n) is 12.7. The van der Waals surface area contributed by atoms with Gasteiger partial charge in [-0.25, -0.2) is 0 Å². The third kappa shape index (κ3) is 3.95. The van der Waals surface area contributed by atoms with Gasteiger partial charge in [0.05, 0.1) is 6.54 Å². The highest BCUT2D eigenvalue weighted by Crippen LogP contribution is 2.27. The fraction of sp³-hybridized carbons (Fsp3) is 0.867. The number of carbonyl (C=O) groups excluding carboxylic acids is 2. The van der Waals surface area contributed by atoms with Gasteiger partial charge >= 0.3 is 0 Å². The molecule has 0 saturated carbocycles. The molecule has 2 unspecified atom stereocenters. The van der Waals surface area contributed by atoms with Gasteiger partial charge < -0.3 is 15.5 Å². The Balaban J connectivity index is 1.78. The molecule has 2 atom stereocenters. The zero-order valence-corrected chi connectivity index (χ0v) is 12.7. The molecule has 2 amide bonds. The zero-order chi connectivity index (χ0) is 14.5. The first-order valence-corrected chi connectivity index (χ1v) is 7.86. The molecule has 0 radical (unpaired) electrons. The molecule has 20 heavy (non-hydrogen) atoms. The number of amides is 2. The maximum atomic E-state index is 12.3. The lowest BCUT2D eigenvalue weighted by Crippen LogP contribution is -2.47. The van der Waals surface area contributed by atoms with Gasteiger partial charge in [0.25, 0.3) is 0 Å². The van der Waals surface area contributed by atoms with Crippen LogP contribution in [0.2, 0.25) is 0 Å². The number of hydrogen-bond donors (Lipinski definition) is 2. The van der Waals surface area contributed by atoms with Crippen molar-refractivity contribution in [2.45, 2.75) is 58.0 Å². The van der Waals surface area contributed by atoms with Crippen LogP contribution in [-0.2, 0) is 9.59 Å². The van der Waals surface area contributed by atoms with Crippen LogP contribution in [0.4, 0.5) is 0 Å². The van der Waals surface area contributed by atoms with Crippen molar-refractivity contribution in [2.75, 3.05) is 19.6 Å².